The average molecular weight is 306 g/mol. The lowest BCUT2D eigenvalue weighted by Crippen LogP contribution is -2.13. The summed E-state index contributed by atoms with van der Waals surface area (Å²) in [5.74, 6) is 0.511. The van der Waals surface area contributed by atoms with E-state index < -0.39 is 0 Å². The molecule has 0 saturated heterocycles. The van der Waals surface area contributed by atoms with Crippen molar-refractivity contribution in [2.24, 2.45) is 0 Å². The predicted molar refractivity (Wildman–Crippen MR) is 91.9 cm³/mol. The van der Waals surface area contributed by atoms with Crippen molar-refractivity contribution in [2.75, 3.05) is 11.9 Å². The van der Waals surface area contributed by atoms with Gasteiger partial charge in [0.2, 0.25) is 0 Å². The van der Waals surface area contributed by atoms with Gasteiger partial charge in [0.15, 0.2) is 0 Å². The lowest BCUT2D eigenvalue weighted by atomic mass is 10.1. The molecule has 0 spiro atoms. The standard InChI is InChI=1S/C19H18N2O2/c1-2-13-23-18-10-6-5-9-17(18)21-19(22)15-11-12-20-16-8-4-3-7-14(15)16/h3-12H,2,13H2,1H3,(H,21,22). The molecule has 116 valence electrons. The molecule has 2 aromatic carbocycles. The highest BCUT2D eigenvalue weighted by molar-refractivity contribution is 6.12. The Morgan fingerprint density at radius 2 is 1.87 bits per heavy atom. The van der Waals surface area contributed by atoms with Gasteiger partial charge in [-0.1, -0.05) is 37.3 Å². The topological polar surface area (TPSA) is 51.2 Å². The van der Waals surface area contributed by atoms with Crippen LogP contribution in [-0.2, 0) is 0 Å². The third-order valence-corrected chi connectivity index (χ3v) is 3.49. The van der Waals surface area contributed by atoms with Crippen molar-refractivity contribution >= 4 is 22.5 Å². The average Bonchev–Trinajstić information content (AvgIpc) is 2.60. The number of aromatic nitrogens is 1. The fourth-order valence-corrected chi connectivity index (χ4v) is 2.39. The van der Waals surface area contributed by atoms with Crippen LogP contribution in [0.15, 0.2) is 60.8 Å². The molecule has 0 fully saturated rings. The molecule has 1 N–H and O–H groups in total. The highest BCUT2D eigenvalue weighted by Crippen LogP contribution is 2.25. The van der Waals surface area contributed by atoms with Gasteiger partial charge in [-0.15, -0.1) is 0 Å². The molecule has 0 aliphatic rings. The van der Waals surface area contributed by atoms with Crippen LogP contribution < -0.4 is 10.1 Å². The van der Waals surface area contributed by atoms with Crippen LogP contribution in [0.1, 0.15) is 23.7 Å². The van der Waals surface area contributed by atoms with E-state index in [9.17, 15) is 4.79 Å². The number of anilines is 1. The Bertz CT molecular complexity index is 825. The Morgan fingerprint density at radius 1 is 1.09 bits per heavy atom. The Kier molecular flexibility index (Phi) is 4.52. The SMILES string of the molecule is CCCOc1ccccc1NC(=O)c1ccnc2ccccc12. The summed E-state index contributed by atoms with van der Waals surface area (Å²) >= 11 is 0. The normalized spacial score (nSPS) is 10.5. The second-order valence-electron chi connectivity index (χ2n) is 5.17. The Morgan fingerprint density at radius 3 is 2.74 bits per heavy atom. The number of hydrogen-bond acceptors (Lipinski definition) is 3. The molecule has 4 nitrogen and oxygen atoms in total. The van der Waals surface area contributed by atoms with Crippen LogP contribution in [-0.4, -0.2) is 17.5 Å². The predicted octanol–water partition coefficient (Wildman–Crippen LogP) is 4.28. The third-order valence-electron chi connectivity index (χ3n) is 3.49. The van der Waals surface area contributed by atoms with Crippen molar-refractivity contribution in [1.82, 2.24) is 4.98 Å². The maximum Gasteiger partial charge on any atom is 0.256 e. The summed E-state index contributed by atoms with van der Waals surface area (Å²) in [7, 11) is 0. The van der Waals surface area contributed by atoms with Gasteiger partial charge in [0.05, 0.1) is 23.4 Å². The molecule has 4 heteroatoms. The van der Waals surface area contributed by atoms with Gasteiger partial charge >= 0.3 is 0 Å². The number of ether oxygens (including phenoxy) is 1. The first-order chi connectivity index (χ1) is 11.3. The molecule has 0 unspecified atom stereocenters. The molecule has 1 amide bonds. The van der Waals surface area contributed by atoms with Crippen LogP contribution in [0.3, 0.4) is 0 Å². The van der Waals surface area contributed by atoms with E-state index in [4.69, 9.17) is 4.74 Å². The number of nitrogens with zero attached hydrogens (tertiary/aromatic N) is 1. The zero-order valence-electron chi connectivity index (χ0n) is 13.0. The zero-order chi connectivity index (χ0) is 16.1. The van der Waals surface area contributed by atoms with Crippen molar-refractivity contribution in [3.05, 3.63) is 66.4 Å². The Balaban J connectivity index is 1.90. The Labute approximate surface area is 135 Å². The van der Waals surface area contributed by atoms with Crippen molar-refractivity contribution < 1.29 is 9.53 Å². The number of para-hydroxylation sites is 3. The van der Waals surface area contributed by atoms with Gasteiger partial charge in [-0.05, 0) is 30.7 Å². The molecular formula is C19H18N2O2. The maximum atomic E-state index is 12.7. The maximum absolute atomic E-state index is 12.7. The van der Waals surface area contributed by atoms with E-state index in [1.807, 2.05) is 55.5 Å². The molecule has 1 aromatic heterocycles. The number of carbonyl (C=O) groups excluding carboxylic acids is 1. The molecule has 0 radical (unpaired) electrons. The molecule has 23 heavy (non-hydrogen) atoms. The van der Waals surface area contributed by atoms with Crippen LogP contribution in [0, 0.1) is 0 Å². The summed E-state index contributed by atoms with van der Waals surface area (Å²) in [5, 5.41) is 3.77. The van der Waals surface area contributed by atoms with Crippen molar-refractivity contribution in [2.45, 2.75) is 13.3 Å². The van der Waals surface area contributed by atoms with Gasteiger partial charge in [0, 0.05) is 11.6 Å². The number of fused-ring (bicyclic) bond motifs is 1. The van der Waals surface area contributed by atoms with Gasteiger partial charge in [-0.25, -0.2) is 0 Å². The second kappa shape index (κ2) is 6.92. The van der Waals surface area contributed by atoms with Crippen LogP contribution in [0.2, 0.25) is 0 Å². The minimum atomic E-state index is -0.170. The van der Waals surface area contributed by atoms with Gasteiger partial charge in [-0.2, -0.15) is 0 Å². The van der Waals surface area contributed by atoms with E-state index in [2.05, 4.69) is 10.3 Å². The van der Waals surface area contributed by atoms with Crippen molar-refractivity contribution in [3.8, 4) is 5.75 Å². The highest BCUT2D eigenvalue weighted by atomic mass is 16.5. The first-order valence-corrected chi connectivity index (χ1v) is 7.66. The van der Waals surface area contributed by atoms with E-state index in [1.54, 1.807) is 12.3 Å². The summed E-state index contributed by atoms with van der Waals surface area (Å²) in [5.41, 5.74) is 2.07. The molecular weight excluding hydrogens is 288 g/mol. The summed E-state index contributed by atoms with van der Waals surface area (Å²) in [6.07, 6.45) is 2.56. The Hall–Kier alpha value is -2.88. The number of hydrogen-bond donors (Lipinski definition) is 1. The minimum Gasteiger partial charge on any atom is -0.491 e. The van der Waals surface area contributed by atoms with Gasteiger partial charge < -0.3 is 10.1 Å². The van der Waals surface area contributed by atoms with Crippen LogP contribution >= 0.6 is 0 Å². The lowest BCUT2D eigenvalue weighted by Gasteiger charge is -2.12. The smallest absolute Gasteiger partial charge is 0.256 e. The summed E-state index contributed by atoms with van der Waals surface area (Å²) in [6.45, 7) is 2.66. The first-order valence-electron chi connectivity index (χ1n) is 7.66. The minimum absolute atomic E-state index is 0.170. The fourth-order valence-electron chi connectivity index (χ4n) is 2.39. The molecule has 3 rings (SSSR count). The van der Waals surface area contributed by atoms with Crippen LogP contribution in [0.5, 0.6) is 5.75 Å². The number of benzene rings is 2. The van der Waals surface area contributed by atoms with Gasteiger partial charge in [0.25, 0.3) is 5.91 Å². The largest absolute Gasteiger partial charge is 0.491 e. The quantitative estimate of drug-likeness (QED) is 0.765. The van der Waals surface area contributed by atoms with E-state index in [1.165, 1.54) is 0 Å². The van der Waals surface area contributed by atoms with Crippen LogP contribution in [0.25, 0.3) is 10.9 Å². The van der Waals surface area contributed by atoms with E-state index in [0.29, 0.717) is 23.6 Å². The number of nitrogens with one attached hydrogen (secondary N) is 1. The molecule has 3 aromatic rings. The van der Waals surface area contributed by atoms with Crippen molar-refractivity contribution in [1.29, 1.82) is 0 Å². The number of rotatable bonds is 5. The number of pyridine rings is 1. The molecule has 0 aliphatic carbocycles. The van der Waals surface area contributed by atoms with E-state index in [-0.39, 0.29) is 5.91 Å². The third kappa shape index (κ3) is 3.31. The second-order valence-corrected chi connectivity index (χ2v) is 5.17. The monoisotopic (exact) mass is 306 g/mol. The summed E-state index contributed by atoms with van der Waals surface area (Å²) < 4.78 is 5.68. The molecule has 0 saturated carbocycles. The van der Waals surface area contributed by atoms with Gasteiger partial charge in [-0.3, -0.25) is 9.78 Å². The molecule has 0 aliphatic heterocycles. The zero-order valence-corrected chi connectivity index (χ0v) is 13.0. The first kappa shape index (κ1) is 15.0. The summed E-state index contributed by atoms with van der Waals surface area (Å²) in [6, 6.07) is 16.8. The molecule has 0 atom stereocenters. The van der Waals surface area contributed by atoms with Crippen molar-refractivity contribution in [3.63, 3.8) is 0 Å². The van der Waals surface area contributed by atoms with Gasteiger partial charge in [0.1, 0.15) is 5.75 Å². The molecule has 1 heterocycles. The fraction of sp³-hybridized carbons (Fsp3) is 0.158. The lowest BCUT2D eigenvalue weighted by molar-refractivity contribution is 0.102. The van der Waals surface area contributed by atoms with E-state index >= 15 is 0 Å². The van der Waals surface area contributed by atoms with Crippen LogP contribution in [0.4, 0.5) is 5.69 Å². The number of amides is 1. The number of carbonyl (C=O) groups is 1. The molecule has 0 bridgehead atoms. The summed E-state index contributed by atoms with van der Waals surface area (Å²) in [4.78, 5) is 16.9. The van der Waals surface area contributed by atoms with E-state index in [0.717, 1.165) is 17.3 Å². The highest BCUT2D eigenvalue weighted by Gasteiger charge is 2.12.